The van der Waals surface area contributed by atoms with E-state index in [0.717, 1.165) is 5.06 Å². The van der Waals surface area contributed by atoms with E-state index < -0.39 is 5.78 Å². The third-order valence-corrected chi connectivity index (χ3v) is 1.35. The van der Waals surface area contributed by atoms with E-state index in [0.29, 0.717) is 0 Å². The van der Waals surface area contributed by atoms with Crippen LogP contribution in [0, 0.1) is 0 Å². The van der Waals surface area contributed by atoms with Crippen LogP contribution in [0.2, 0.25) is 0 Å². The van der Waals surface area contributed by atoms with E-state index in [1.54, 1.807) is 0 Å². The van der Waals surface area contributed by atoms with E-state index in [4.69, 9.17) is 10.3 Å². The summed E-state index contributed by atoms with van der Waals surface area (Å²) in [4.78, 5) is 11.1. The predicted octanol–water partition coefficient (Wildman–Crippen LogP) is 0.772. The highest BCUT2D eigenvalue weighted by Crippen LogP contribution is 2.11. The molecule has 0 saturated carbocycles. The van der Waals surface area contributed by atoms with E-state index in [9.17, 15) is 4.79 Å². The number of carbonyl (C=O) groups is 1. The Morgan fingerprint density at radius 1 is 1.58 bits per heavy atom. The van der Waals surface area contributed by atoms with Crippen LogP contribution in [0.3, 0.4) is 0 Å². The molecule has 0 aliphatic heterocycles. The lowest BCUT2D eigenvalue weighted by Gasteiger charge is -2.08. The van der Waals surface area contributed by atoms with E-state index in [1.165, 1.54) is 31.5 Å². The van der Waals surface area contributed by atoms with Crippen LogP contribution in [-0.4, -0.2) is 28.2 Å². The molecule has 0 amide bonds. The average Bonchev–Trinajstić information content (AvgIpc) is 1.98. The molecule has 2 N–H and O–H groups in total. The molecule has 0 aromatic heterocycles. The number of carbonyl (C=O) groups excluding carboxylic acids is 1. The summed E-state index contributed by atoms with van der Waals surface area (Å²) in [6.07, 6.45) is 5.57. The van der Waals surface area contributed by atoms with Gasteiger partial charge in [-0.05, 0) is 12.2 Å². The molecule has 12 heavy (non-hydrogen) atoms. The van der Waals surface area contributed by atoms with Crippen molar-refractivity contribution in [1.82, 2.24) is 5.06 Å². The third-order valence-electron chi connectivity index (χ3n) is 1.35. The van der Waals surface area contributed by atoms with Crippen molar-refractivity contribution in [3.63, 3.8) is 0 Å². The summed E-state index contributed by atoms with van der Waals surface area (Å²) < 4.78 is 0. The molecule has 1 aliphatic rings. The van der Waals surface area contributed by atoms with E-state index in [1.807, 2.05) is 0 Å². The fourth-order valence-corrected chi connectivity index (χ4v) is 0.845. The quantitative estimate of drug-likeness (QED) is 0.447. The van der Waals surface area contributed by atoms with E-state index >= 15 is 0 Å². The van der Waals surface area contributed by atoms with Crippen molar-refractivity contribution in [3.05, 3.63) is 35.8 Å². The first-order chi connectivity index (χ1) is 5.61. The maximum absolute atomic E-state index is 11.1. The molecular formula is C8H9NO3. The standard InChI is InChI=1S/C8H9NO3/c1-9(12)5-6-3-2-4-7(10)8(6)11/h2-5,10,12H,1H3. The number of aliphatic hydroxyl groups excluding tert-OH is 1. The fraction of sp³-hybridized carbons (Fsp3) is 0.125. The molecule has 0 aromatic carbocycles. The summed E-state index contributed by atoms with van der Waals surface area (Å²) in [7, 11) is 1.38. The number of hydrogen-bond acceptors (Lipinski definition) is 4. The van der Waals surface area contributed by atoms with Crippen LogP contribution in [0.25, 0.3) is 0 Å². The minimum Gasteiger partial charge on any atom is -0.504 e. The van der Waals surface area contributed by atoms with Gasteiger partial charge in [0.2, 0.25) is 5.78 Å². The number of rotatable bonds is 1. The van der Waals surface area contributed by atoms with Gasteiger partial charge in [-0.1, -0.05) is 6.08 Å². The monoisotopic (exact) mass is 167 g/mol. The second-order valence-corrected chi connectivity index (χ2v) is 2.40. The first kappa shape index (κ1) is 8.55. The molecule has 0 radical (unpaired) electrons. The van der Waals surface area contributed by atoms with Crippen LogP contribution >= 0.6 is 0 Å². The van der Waals surface area contributed by atoms with Crippen molar-refractivity contribution in [2.75, 3.05) is 7.05 Å². The molecule has 0 bridgehead atoms. The van der Waals surface area contributed by atoms with Gasteiger partial charge in [-0.15, -0.1) is 0 Å². The summed E-state index contributed by atoms with van der Waals surface area (Å²) in [6.45, 7) is 0. The Bertz CT molecular complexity index is 287. The first-order valence-electron chi connectivity index (χ1n) is 3.37. The smallest absolute Gasteiger partial charge is 0.228 e. The summed E-state index contributed by atoms with van der Waals surface area (Å²) in [5.41, 5.74) is 0.250. The highest BCUT2D eigenvalue weighted by Gasteiger charge is 2.14. The number of aliphatic hydroxyl groups is 1. The fourth-order valence-electron chi connectivity index (χ4n) is 0.845. The highest BCUT2D eigenvalue weighted by atomic mass is 16.5. The van der Waals surface area contributed by atoms with Crippen molar-refractivity contribution < 1.29 is 15.1 Å². The number of hydroxylamine groups is 2. The van der Waals surface area contributed by atoms with Gasteiger partial charge in [-0.25, -0.2) is 0 Å². The molecule has 0 spiro atoms. The van der Waals surface area contributed by atoms with Crippen molar-refractivity contribution in [2.45, 2.75) is 0 Å². The maximum atomic E-state index is 11.1. The Morgan fingerprint density at radius 3 is 2.83 bits per heavy atom. The van der Waals surface area contributed by atoms with Gasteiger partial charge in [-0.2, -0.15) is 0 Å². The zero-order chi connectivity index (χ0) is 9.14. The largest absolute Gasteiger partial charge is 0.504 e. The second kappa shape index (κ2) is 3.23. The van der Waals surface area contributed by atoms with Gasteiger partial charge in [0, 0.05) is 18.8 Å². The molecule has 1 aliphatic carbocycles. The van der Waals surface area contributed by atoms with Crippen LogP contribution in [-0.2, 0) is 4.79 Å². The van der Waals surface area contributed by atoms with E-state index in [2.05, 4.69) is 0 Å². The molecule has 0 fully saturated rings. The van der Waals surface area contributed by atoms with Gasteiger partial charge in [0.25, 0.3) is 0 Å². The number of nitrogens with zero attached hydrogens (tertiary/aromatic N) is 1. The molecule has 4 nitrogen and oxygen atoms in total. The molecule has 64 valence electrons. The van der Waals surface area contributed by atoms with E-state index in [-0.39, 0.29) is 11.3 Å². The minimum atomic E-state index is -0.488. The van der Waals surface area contributed by atoms with Crippen molar-refractivity contribution in [2.24, 2.45) is 0 Å². The molecule has 0 atom stereocenters. The summed E-state index contributed by atoms with van der Waals surface area (Å²) >= 11 is 0. The van der Waals surface area contributed by atoms with Crippen LogP contribution in [0.4, 0.5) is 0 Å². The van der Waals surface area contributed by atoms with Crippen LogP contribution in [0.15, 0.2) is 35.8 Å². The Balaban J connectivity index is 2.91. The normalized spacial score (nSPS) is 19.7. The van der Waals surface area contributed by atoms with Gasteiger partial charge >= 0.3 is 0 Å². The third kappa shape index (κ3) is 1.73. The lowest BCUT2D eigenvalue weighted by atomic mass is 10.1. The van der Waals surface area contributed by atoms with Crippen molar-refractivity contribution >= 4 is 5.78 Å². The van der Waals surface area contributed by atoms with Crippen LogP contribution < -0.4 is 0 Å². The zero-order valence-corrected chi connectivity index (χ0v) is 6.56. The molecular weight excluding hydrogens is 158 g/mol. The molecule has 0 heterocycles. The molecule has 4 heteroatoms. The van der Waals surface area contributed by atoms with Crippen molar-refractivity contribution in [1.29, 1.82) is 0 Å². The Hall–Kier alpha value is -1.55. The van der Waals surface area contributed by atoms with Crippen LogP contribution in [0.1, 0.15) is 0 Å². The van der Waals surface area contributed by atoms with Gasteiger partial charge in [0.05, 0.1) is 0 Å². The average molecular weight is 167 g/mol. The van der Waals surface area contributed by atoms with Gasteiger partial charge in [0.15, 0.2) is 5.76 Å². The first-order valence-corrected chi connectivity index (χ1v) is 3.37. The second-order valence-electron chi connectivity index (χ2n) is 2.40. The predicted molar refractivity (Wildman–Crippen MR) is 42.5 cm³/mol. The highest BCUT2D eigenvalue weighted by molar-refractivity contribution is 6.09. The van der Waals surface area contributed by atoms with Gasteiger partial charge < -0.3 is 5.11 Å². The number of Topliss-reactive ketones (excluding diaryl/α,β-unsaturated/α-hetero) is 1. The molecule has 0 saturated heterocycles. The molecule has 0 aromatic rings. The topological polar surface area (TPSA) is 60.8 Å². The lowest BCUT2D eigenvalue weighted by molar-refractivity contribution is -0.114. The number of ketones is 1. The Morgan fingerprint density at radius 2 is 2.25 bits per heavy atom. The Kier molecular flexibility index (Phi) is 2.30. The maximum Gasteiger partial charge on any atom is 0.228 e. The molecule has 0 unspecified atom stereocenters. The zero-order valence-electron chi connectivity index (χ0n) is 6.56. The van der Waals surface area contributed by atoms with Gasteiger partial charge in [0.1, 0.15) is 0 Å². The SMILES string of the molecule is CN(O)C=C1C=CC=C(O)C1=O. The lowest BCUT2D eigenvalue weighted by Crippen LogP contribution is -2.12. The van der Waals surface area contributed by atoms with Crippen LogP contribution in [0.5, 0.6) is 0 Å². The molecule has 1 rings (SSSR count). The summed E-state index contributed by atoms with van der Waals surface area (Å²) in [5.74, 6) is -0.802. The number of allylic oxidation sites excluding steroid dienone is 4. The van der Waals surface area contributed by atoms with Gasteiger partial charge in [-0.3, -0.25) is 15.1 Å². The van der Waals surface area contributed by atoms with Crippen molar-refractivity contribution in [3.8, 4) is 0 Å². The number of hydrogen-bond donors (Lipinski definition) is 2. The Labute approximate surface area is 69.7 Å². The summed E-state index contributed by atoms with van der Waals surface area (Å²) in [5, 5.41) is 18.5. The minimum absolute atomic E-state index is 0.250. The summed E-state index contributed by atoms with van der Waals surface area (Å²) in [6, 6.07) is 0.